The molecule has 0 atom stereocenters. The van der Waals surface area contributed by atoms with E-state index in [-0.39, 0.29) is 31.0 Å². The van der Waals surface area contributed by atoms with Gasteiger partial charge in [-0.3, -0.25) is 4.79 Å². The zero-order valence-corrected chi connectivity index (χ0v) is 12.4. The zero-order chi connectivity index (χ0) is 15.7. The average Bonchev–Trinajstić information content (AvgIpc) is 2.48. The number of carbonyl (C=O) groups excluding carboxylic acids is 2. The van der Waals surface area contributed by atoms with Gasteiger partial charge in [0, 0.05) is 23.9 Å². The minimum Gasteiger partial charge on any atom is -0.462 e. The Hall–Kier alpha value is -2.14. The molecule has 0 fully saturated rings. The molecular weight excluding hydrogens is 270 g/mol. The molecule has 0 unspecified atom stereocenters. The monoisotopic (exact) mass is 291 g/mol. The molecule has 1 aromatic carbocycles. The molecule has 0 saturated heterocycles. The molecule has 1 aromatic rings. The van der Waals surface area contributed by atoms with Crippen LogP contribution < -0.4 is 5.32 Å². The third kappa shape index (κ3) is 5.04. The van der Waals surface area contributed by atoms with Crippen molar-refractivity contribution >= 4 is 17.4 Å². The maximum Gasteiger partial charge on any atom is 0.343 e. The summed E-state index contributed by atoms with van der Waals surface area (Å²) in [6.45, 7) is 3.64. The molecule has 0 aromatic heterocycles. The van der Waals surface area contributed by atoms with E-state index < -0.39 is 5.97 Å². The summed E-state index contributed by atoms with van der Waals surface area (Å²) >= 11 is 0. The molecule has 0 heterocycles. The average molecular weight is 291 g/mol. The highest BCUT2D eigenvalue weighted by Crippen LogP contribution is 2.16. The number of esters is 1. The molecule has 0 aliphatic carbocycles. The maximum absolute atomic E-state index is 12.0. The Kier molecular flexibility index (Phi) is 7.18. The smallest absolute Gasteiger partial charge is 0.343 e. The van der Waals surface area contributed by atoms with E-state index in [2.05, 4.69) is 5.32 Å². The predicted molar refractivity (Wildman–Crippen MR) is 80.6 cm³/mol. The van der Waals surface area contributed by atoms with Gasteiger partial charge in [0.05, 0.1) is 13.2 Å². The summed E-state index contributed by atoms with van der Waals surface area (Å²) in [6.07, 6.45) is 2.29. The predicted octanol–water partition coefficient (Wildman–Crippen LogP) is 2.41. The Labute approximate surface area is 124 Å². The van der Waals surface area contributed by atoms with Gasteiger partial charge in [-0.25, -0.2) is 4.79 Å². The third-order valence-electron chi connectivity index (χ3n) is 2.83. The van der Waals surface area contributed by atoms with E-state index >= 15 is 0 Å². The van der Waals surface area contributed by atoms with Crippen molar-refractivity contribution in [2.45, 2.75) is 33.3 Å². The lowest BCUT2D eigenvalue weighted by atomic mass is 10.1. The molecule has 0 saturated carbocycles. The van der Waals surface area contributed by atoms with E-state index in [0.717, 1.165) is 0 Å². The number of hydrogen-bond donors (Lipinski definition) is 2. The van der Waals surface area contributed by atoms with Crippen LogP contribution in [0.1, 0.15) is 32.3 Å². The lowest BCUT2D eigenvalue weighted by Gasteiger charge is -2.09. The first-order valence-electron chi connectivity index (χ1n) is 6.99. The standard InChI is InChI=1S/C16H21NO4/c1-3-7-15(19)13(16(20)21-4-2)10-17-14-9-6-5-8-12(14)11-18/h5-6,8-10,17-18H,3-4,7,11H2,1-2H3. The number of hydrogen-bond acceptors (Lipinski definition) is 5. The SMILES string of the molecule is CCCC(=O)C(=CNc1ccccc1CO)C(=O)OCC. The van der Waals surface area contributed by atoms with E-state index in [4.69, 9.17) is 4.74 Å². The zero-order valence-electron chi connectivity index (χ0n) is 12.4. The van der Waals surface area contributed by atoms with Crippen LogP contribution in [0.15, 0.2) is 36.0 Å². The van der Waals surface area contributed by atoms with Crippen molar-refractivity contribution in [1.29, 1.82) is 0 Å². The highest BCUT2D eigenvalue weighted by molar-refractivity contribution is 6.17. The van der Waals surface area contributed by atoms with Crippen molar-refractivity contribution in [1.82, 2.24) is 0 Å². The van der Waals surface area contributed by atoms with Crippen molar-refractivity contribution in [2.75, 3.05) is 11.9 Å². The van der Waals surface area contributed by atoms with Crippen LogP contribution in [0.4, 0.5) is 5.69 Å². The van der Waals surface area contributed by atoms with E-state index in [1.807, 2.05) is 6.92 Å². The quantitative estimate of drug-likeness (QED) is 0.333. The van der Waals surface area contributed by atoms with Gasteiger partial charge in [0.2, 0.25) is 0 Å². The fourth-order valence-electron chi connectivity index (χ4n) is 1.77. The Balaban J connectivity index is 2.97. The fraction of sp³-hybridized carbons (Fsp3) is 0.375. The van der Waals surface area contributed by atoms with Crippen molar-refractivity contribution in [3.63, 3.8) is 0 Å². The van der Waals surface area contributed by atoms with Crippen LogP contribution in [-0.2, 0) is 20.9 Å². The molecule has 0 aliphatic heterocycles. The van der Waals surface area contributed by atoms with E-state index in [9.17, 15) is 14.7 Å². The molecule has 114 valence electrons. The summed E-state index contributed by atoms with van der Waals surface area (Å²) < 4.78 is 4.90. The molecule has 0 aliphatic rings. The van der Waals surface area contributed by atoms with E-state index in [1.165, 1.54) is 6.20 Å². The maximum atomic E-state index is 12.0. The van der Waals surface area contributed by atoms with Crippen molar-refractivity contribution in [3.05, 3.63) is 41.6 Å². The minimum absolute atomic E-state index is 0.00792. The van der Waals surface area contributed by atoms with Crippen LogP contribution >= 0.6 is 0 Å². The number of Topliss-reactive ketones (excluding diaryl/α,β-unsaturated/α-hetero) is 1. The number of rotatable bonds is 8. The summed E-state index contributed by atoms with van der Waals surface area (Å²) in [5.41, 5.74) is 1.32. The summed E-state index contributed by atoms with van der Waals surface area (Å²) in [5.74, 6) is -0.894. The number of para-hydroxylation sites is 1. The number of nitrogens with one attached hydrogen (secondary N) is 1. The van der Waals surface area contributed by atoms with Gasteiger partial charge in [-0.1, -0.05) is 25.1 Å². The molecule has 0 bridgehead atoms. The highest BCUT2D eigenvalue weighted by atomic mass is 16.5. The van der Waals surface area contributed by atoms with Crippen molar-refractivity contribution in [3.8, 4) is 0 Å². The molecule has 0 amide bonds. The van der Waals surface area contributed by atoms with Crippen LogP contribution in [0.25, 0.3) is 0 Å². The van der Waals surface area contributed by atoms with E-state index in [0.29, 0.717) is 17.7 Å². The molecule has 5 nitrogen and oxygen atoms in total. The number of ether oxygens (including phenoxy) is 1. The Bertz CT molecular complexity index is 503. The summed E-state index contributed by atoms with van der Waals surface area (Å²) in [6, 6.07) is 7.12. The first kappa shape index (κ1) is 16.9. The topological polar surface area (TPSA) is 75.6 Å². The van der Waals surface area contributed by atoms with Crippen LogP contribution in [0.2, 0.25) is 0 Å². The molecular formula is C16H21NO4. The number of anilines is 1. The molecule has 21 heavy (non-hydrogen) atoms. The number of aliphatic hydroxyl groups is 1. The Morgan fingerprint density at radius 3 is 2.62 bits per heavy atom. The van der Waals surface area contributed by atoms with Crippen LogP contribution in [0, 0.1) is 0 Å². The van der Waals surface area contributed by atoms with Crippen LogP contribution in [0.5, 0.6) is 0 Å². The van der Waals surface area contributed by atoms with Gasteiger partial charge in [0.25, 0.3) is 0 Å². The molecule has 0 spiro atoms. The van der Waals surface area contributed by atoms with Crippen LogP contribution in [0.3, 0.4) is 0 Å². The Morgan fingerprint density at radius 2 is 2.00 bits per heavy atom. The summed E-state index contributed by atoms with van der Waals surface area (Å²) in [5, 5.41) is 12.2. The molecule has 0 radical (unpaired) electrons. The number of benzene rings is 1. The van der Waals surface area contributed by atoms with Gasteiger partial charge in [-0.15, -0.1) is 0 Å². The number of ketones is 1. The van der Waals surface area contributed by atoms with Crippen molar-refractivity contribution in [2.24, 2.45) is 0 Å². The largest absolute Gasteiger partial charge is 0.462 e. The highest BCUT2D eigenvalue weighted by Gasteiger charge is 2.18. The van der Waals surface area contributed by atoms with Gasteiger partial charge < -0.3 is 15.2 Å². The molecule has 2 N–H and O–H groups in total. The first-order chi connectivity index (χ1) is 10.1. The van der Waals surface area contributed by atoms with Crippen molar-refractivity contribution < 1.29 is 19.4 Å². The molecule has 5 heteroatoms. The summed E-state index contributed by atoms with van der Waals surface area (Å²) in [7, 11) is 0. The third-order valence-corrected chi connectivity index (χ3v) is 2.83. The second kappa shape index (κ2) is 8.92. The fourth-order valence-corrected chi connectivity index (χ4v) is 1.77. The second-order valence-corrected chi connectivity index (χ2v) is 4.41. The summed E-state index contributed by atoms with van der Waals surface area (Å²) in [4.78, 5) is 23.8. The van der Waals surface area contributed by atoms with E-state index in [1.54, 1.807) is 31.2 Å². The molecule has 1 rings (SSSR count). The van der Waals surface area contributed by atoms with Gasteiger partial charge in [0.1, 0.15) is 5.57 Å². The number of carbonyl (C=O) groups is 2. The van der Waals surface area contributed by atoms with Gasteiger partial charge in [-0.2, -0.15) is 0 Å². The lowest BCUT2D eigenvalue weighted by Crippen LogP contribution is -2.17. The second-order valence-electron chi connectivity index (χ2n) is 4.41. The van der Waals surface area contributed by atoms with Gasteiger partial charge >= 0.3 is 5.97 Å². The normalized spacial score (nSPS) is 11.1. The van der Waals surface area contributed by atoms with Gasteiger partial charge in [-0.05, 0) is 19.4 Å². The lowest BCUT2D eigenvalue weighted by molar-refractivity contribution is -0.140. The first-order valence-corrected chi connectivity index (χ1v) is 6.99. The van der Waals surface area contributed by atoms with Gasteiger partial charge in [0.15, 0.2) is 5.78 Å². The number of aliphatic hydroxyl groups excluding tert-OH is 1. The Morgan fingerprint density at radius 1 is 1.29 bits per heavy atom. The van der Waals surface area contributed by atoms with Crippen LogP contribution in [-0.4, -0.2) is 23.5 Å². The minimum atomic E-state index is -0.634.